The van der Waals surface area contributed by atoms with Gasteiger partial charge in [-0.05, 0) is 6.07 Å². The highest BCUT2D eigenvalue weighted by Gasteiger charge is 2.17. The Labute approximate surface area is 150 Å². The molecule has 0 saturated heterocycles. The number of hydrogen-bond acceptors (Lipinski definition) is 5. The molecule has 4 aromatic rings. The molecule has 130 valence electrons. The van der Waals surface area contributed by atoms with Crippen LogP contribution in [0, 0.1) is 0 Å². The van der Waals surface area contributed by atoms with Crippen molar-refractivity contribution >= 4 is 10.9 Å². The monoisotopic (exact) mass is 346 g/mol. The lowest BCUT2D eigenvalue weighted by Gasteiger charge is -2.10. The summed E-state index contributed by atoms with van der Waals surface area (Å²) >= 11 is 0. The van der Waals surface area contributed by atoms with Gasteiger partial charge in [0, 0.05) is 41.4 Å². The van der Waals surface area contributed by atoms with Crippen LogP contribution in [-0.2, 0) is 13.7 Å². The van der Waals surface area contributed by atoms with Crippen LogP contribution >= 0.6 is 0 Å². The molecule has 2 aromatic carbocycles. The first-order valence-corrected chi connectivity index (χ1v) is 8.23. The van der Waals surface area contributed by atoms with Crippen LogP contribution in [0.2, 0.25) is 0 Å². The Hall–Kier alpha value is -3.25. The van der Waals surface area contributed by atoms with Gasteiger partial charge in [-0.25, -0.2) is 9.97 Å². The smallest absolute Gasteiger partial charge is 0.126 e. The van der Waals surface area contributed by atoms with Gasteiger partial charge in [0.05, 0.1) is 24.9 Å². The summed E-state index contributed by atoms with van der Waals surface area (Å²) in [4.78, 5) is 8.88. The van der Waals surface area contributed by atoms with E-state index in [9.17, 15) is 5.11 Å². The summed E-state index contributed by atoms with van der Waals surface area (Å²) in [5.74, 6) is 0.610. The van der Waals surface area contributed by atoms with Crippen molar-refractivity contribution in [2.24, 2.45) is 7.05 Å². The van der Waals surface area contributed by atoms with Gasteiger partial charge in [-0.1, -0.05) is 30.3 Å². The second-order valence-corrected chi connectivity index (χ2v) is 5.99. The second kappa shape index (κ2) is 6.57. The van der Waals surface area contributed by atoms with Crippen LogP contribution in [0.3, 0.4) is 0 Å². The Morgan fingerprint density at radius 3 is 2.62 bits per heavy atom. The molecule has 0 amide bonds. The van der Waals surface area contributed by atoms with Crippen molar-refractivity contribution in [2.45, 2.75) is 6.61 Å². The summed E-state index contributed by atoms with van der Waals surface area (Å²) < 4.78 is 7.13. The molecule has 2 heterocycles. The van der Waals surface area contributed by atoms with E-state index >= 15 is 0 Å². The number of hydrogen-bond donors (Lipinski definition) is 1. The molecule has 0 saturated carbocycles. The predicted octanol–water partition coefficient (Wildman–Crippen LogP) is 3.20. The van der Waals surface area contributed by atoms with E-state index < -0.39 is 0 Å². The highest BCUT2D eigenvalue weighted by Crippen LogP contribution is 2.35. The molecule has 0 fully saturated rings. The Morgan fingerprint density at radius 2 is 1.88 bits per heavy atom. The maximum absolute atomic E-state index is 9.67. The van der Waals surface area contributed by atoms with E-state index in [1.165, 1.54) is 6.33 Å². The van der Waals surface area contributed by atoms with Gasteiger partial charge < -0.3 is 9.84 Å². The number of aromatic nitrogens is 4. The largest absolute Gasteiger partial charge is 0.496 e. The highest BCUT2D eigenvalue weighted by atomic mass is 16.5. The van der Waals surface area contributed by atoms with E-state index in [4.69, 9.17) is 4.74 Å². The van der Waals surface area contributed by atoms with Crippen LogP contribution in [0.15, 0.2) is 55.0 Å². The number of ether oxygens (including phenoxy) is 1. The van der Waals surface area contributed by atoms with Crippen molar-refractivity contribution < 1.29 is 9.84 Å². The molecule has 6 nitrogen and oxygen atoms in total. The molecule has 2 aromatic heterocycles. The number of rotatable bonds is 4. The van der Waals surface area contributed by atoms with E-state index in [0.717, 1.165) is 33.4 Å². The van der Waals surface area contributed by atoms with Crippen LogP contribution in [-0.4, -0.2) is 32.0 Å². The minimum Gasteiger partial charge on any atom is -0.496 e. The maximum Gasteiger partial charge on any atom is 0.126 e. The minimum atomic E-state index is -0.119. The summed E-state index contributed by atoms with van der Waals surface area (Å²) in [6, 6.07) is 13.7. The van der Waals surface area contributed by atoms with Crippen molar-refractivity contribution in [3.8, 4) is 28.3 Å². The molecule has 4 rings (SSSR count). The molecule has 0 atom stereocenters. The number of methoxy groups -OCH3 is 1. The third-order valence-electron chi connectivity index (χ3n) is 4.34. The lowest BCUT2D eigenvalue weighted by Crippen LogP contribution is -1.96. The van der Waals surface area contributed by atoms with E-state index in [1.54, 1.807) is 11.8 Å². The molecule has 0 spiro atoms. The molecule has 0 radical (unpaired) electrons. The normalized spacial score (nSPS) is 11.0. The van der Waals surface area contributed by atoms with E-state index in [0.29, 0.717) is 11.3 Å². The van der Waals surface area contributed by atoms with Crippen molar-refractivity contribution in [2.75, 3.05) is 7.11 Å². The Kier molecular flexibility index (Phi) is 4.10. The van der Waals surface area contributed by atoms with E-state index in [-0.39, 0.29) is 6.61 Å². The predicted molar refractivity (Wildman–Crippen MR) is 99.7 cm³/mol. The Morgan fingerprint density at radius 1 is 1.08 bits per heavy atom. The summed E-state index contributed by atoms with van der Waals surface area (Å²) in [5.41, 5.74) is 5.02. The third kappa shape index (κ3) is 2.70. The summed E-state index contributed by atoms with van der Waals surface area (Å²) in [7, 11) is 3.47. The fourth-order valence-corrected chi connectivity index (χ4v) is 3.13. The average molecular weight is 346 g/mol. The Bertz CT molecular complexity index is 1070. The summed E-state index contributed by atoms with van der Waals surface area (Å²) in [5, 5.41) is 15.1. The lowest BCUT2D eigenvalue weighted by molar-refractivity contribution is 0.274. The zero-order valence-corrected chi connectivity index (χ0v) is 14.5. The van der Waals surface area contributed by atoms with Gasteiger partial charge >= 0.3 is 0 Å². The molecule has 0 aliphatic carbocycles. The number of fused-ring (bicyclic) bond motifs is 1. The summed E-state index contributed by atoms with van der Waals surface area (Å²) in [6.45, 7) is -0.119. The Balaban J connectivity index is 1.99. The first kappa shape index (κ1) is 16.2. The zero-order chi connectivity index (χ0) is 18.1. The van der Waals surface area contributed by atoms with Crippen LogP contribution in [0.5, 0.6) is 5.75 Å². The van der Waals surface area contributed by atoms with Crippen LogP contribution < -0.4 is 4.74 Å². The van der Waals surface area contributed by atoms with Crippen molar-refractivity contribution in [1.82, 2.24) is 19.7 Å². The van der Waals surface area contributed by atoms with Gasteiger partial charge in [-0.15, -0.1) is 0 Å². The van der Waals surface area contributed by atoms with E-state index in [1.807, 2.05) is 55.7 Å². The number of aliphatic hydroxyl groups excluding tert-OH is 1. The van der Waals surface area contributed by atoms with Gasteiger partial charge in [-0.3, -0.25) is 4.68 Å². The van der Waals surface area contributed by atoms with Gasteiger partial charge in [-0.2, -0.15) is 5.10 Å². The number of nitrogens with zero attached hydrogens (tertiary/aromatic N) is 4. The van der Waals surface area contributed by atoms with Gasteiger partial charge in [0.15, 0.2) is 0 Å². The van der Waals surface area contributed by atoms with Crippen LogP contribution in [0.1, 0.15) is 5.56 Å². The quantitative estimate of drug-likeness (QED) is 0.614. The molecular formula is C20H18N4O2. The van der Waals surface area contributed by atoms with Crippen molar-refractivity contribution in [3.63, 3.8) is 0 Å². The molecule has 1 N–H and O–H groups in total. The van der Waals surface area contributed by atoms with Gasteiger partial charge in [0.2, 0.25) is 0 Å². The SMILES string of the molecule is COc1cc2ncnc(-c3cn(C)nc3-c3ccccc3)c2cc1CO. The lowest BCUT2D eigenvalue weighted by atomic mass is 10.0. The molecule has 0 aliphatic heterocycles. The first-order chi connectivity index (χ1) is 12.7. The molecule has 0 bridgehead atoms. The topological polar surface area (TPSA) is 73.1 Å². The first-order valence-electron chi connectivity index (χ1n) is 8.23. The number of aliphatic hydroxyl groups is 1. The molecule has 26 heavy (non-hydrogen) atoms. The molecular weight excluding hydrogens is 328 g/mol. The molecule has 0 aliphatic rings. The van der Waals surface area contributed by atoms with Gasteiger partial charge in [0.1, 0.15) is 17.8 Å². The maximum atomic E-state index is 9.67. The molecule has 6 heteroatoms. The fourth-order valence-electron chi connectivity index (χ4n) is 3.13. The highest BCUT2D eigenvalue weighted by molar-refractivity contribution is 5.96. The second-order valence-electron chi connectivity index (χ2n) is 5.99. The van der Waals surface area contributed by atoms with Gasteiger partial charge in [0.25, 0.3) is 0 Å². The zero-order valence-electron chi connectivity index (χ0n) is 14.5. The van der Waals surface area contributed by atoms with Crippen molar-refractivity contribution in [3.05, 3.63) is 60.6 Å². The average Bonchev–Trinajstić information content (AvgIpc) is 3.08. The fraction of sp³-hybridized carbons (Fsp3) is 0.150. The summed E-state index contributed by atoms with van der Waals surface area (Å²) in [6.07, 6.45) is 3.49. The third-order valence-corrected chi connectivity index (χ3v) is 4.34. The standard InChI is InChI=1S/C20H18N4O2/c1-24-10-16(19(23-24)13-6-4-3-5-7-13)20-15-8-14(11-25)18(26-2)9-17(15)21-12-22-20/h3-10,12,25H,11H2,1-2H3. The number of aryl methyl sites for hydroxylation is 1. The van der Waals surface area contributed by atoms with Crippen LogP contribution in [0.4, 0.5) is 0 Å². The molecule has 0 unspecified atom stereocenters. The minimum absolute atomic E-state index is 0.119. The number of benzene rings is 2. The van der Waals surface area contributed by atoms with Crippen molar-refractivity contribution in [1.29, 1.82) is 0 Å². The van der Waals surface area contributed by atoms with E-state index in [2.05, 4.69) is 15.1 Å². The van der Waals surface area contributed by atoms with Crippen LogP contribution in [0.25, 0.3) is 33.4 Å².